The molecule has 0 saturated carbocycles. The van der Waals surface area contributed by atoms with E-state index in [1.165, 1.54) is 7.05 Å². The van der Waals surface area contributed by atoms with Crippen LogP contribution in [0.3, 0.4) is 0 Å². The summed E-state index contributed by atoms with van der Waals surface area (Å²) >= 11 is 0. The Morgan fingerprint density at radius 3 is 2.00 bits per heavy atom. The van der Waals surface area contributed by atoms with Gasteiger partial charge in [0, 0.05) is 12.6 Å². The van der Waals surface area contributed by atoms with E-state index in [1.807, 2.05) is 0 Å². The Morgan fingerprint density at radius 2 is 1.67 bits per heavy atom. The van der Waals surface area contributed by atoms with E-state index in [0.29, 0.717) is 0 Å². The van der Waals surface area contributed by atoms with Gasteiger partial charge >= 0.3 is 6.18 Å². The van der Waals surface area contributed by atoms with Crippen molar-refractivity contribution in [3.8, 4) is 0 Å². The quantitative estimate of drug-likeness (QED) is 0.844. The Morgan fingerprint density at radius 1 is 1.20 bits per heavy atom. The van der Waals surface area contributed by atoms with Gasteiger partial charge in [0.05, 0.1) is 5.56 Å². The first-order chi connectivity index (χ1) is 6.45. The number of hydrogen-bond donors (Lipinski definition) is 1. The molecule has 0 aliphatic carbocycles. The van der Waals surface area contributed by atoms with Crippen LogP contribution in [0.5, 0.6) is 0 Å². The van der Waals surface area contributed by atoms with E-state index in [2.05, 4.69) is 5.32 Å². The number of hydrogen-bond acceptors (Lipinski definition) is 1. The monoisotopic (exact) mass is 283 g/mol. The van der Waals surface area contributed by atoms with Crippen molar-refractivity contribution in [3.05, 3.63) is 35.4 Å². The molecule has 1 aromatic carbocycles. The molecule has 1 aromatic rings. The third kappa shape index (κ3) is 3.54. The molecular weight excluding hydrogens is 275 g/mol. The van der Waals surface area contributed by atoms with Gasteiger partial charge in [-0.3, -0.25) is 4.79 Å². The van der Waals surface area contributed by atoms with Crippen molar-refractivity contribution in [1.29, 1.82) is 0 Å². The van der Waals surface area contributed by atoms with Gasteiger partial charge in [0.25, 0.3) is 5.91 Å². The molecule has 0 bridgehead atoms. The number of carbonyl (C=O) groups excluding carboxylic acids is 1. The lowest BCUT2D eigenvalue weighted by Gasteiger charge is -2.06. The van der Waals surface area contributed by atoms with Gasteiger partial charge in [0.15, 0.2) is 0 Å². The smallest absolute Gasteiger partial charge is 0.355 e. The molecule has 0 aliphatic rings. The van der Waals surface area contributed by atoms with Crippen LogP contribution in [0.25, 0.3) is 0 Å². The Hall–Kier alpha value is -1.04. The Bertz CT molecular complexity index is 334. The van der Waals surface area contributed by atoms with Crippen molar-refractivity contribution < 1.29 is 18.0 Å². The zero-order valence-electron chi connectivity index (χ0n) is 7.76. The maximum atomic E-state index is 12.1. The zero-order chi connectivity index (χ0) is 10.8. The fraction of sp³-hybridized carbons (Fsp3) is 0.222. The summed E-state index contributed by atoms with van der Waals surface area (Å²) in [5.41, 5.74) is -0.550. The third-order valence-corrected chi connectivity index (χ3v) is 1.70. The van der Waals surface area contributed by atoms with E-state index >= 15 is 0 Å². The van der Waals surface area contributed by atoms with Crippen LogP contribution >= 0.6 is 17.0 Å². The van der Waals surface area contributed by atoms with E-state index in [0.717, 1.165) is 24.3 Å². The minimum Gasteiger partial charge on any atom is -0.355 e. The van der Waals surface area contributed by atoms with E-state index in [-0.39, 0.29) is 22.5 Å². The van der Waals surface area contributed by atoms with E-state index in [4.69, 9.17) is 0 Å². The maximum Gasteiger partial charge on any atom is 0.416 e. The van der Waals surface area contributed by atoms with Crippen molar-refractivity contribution in [1.82, 2.24) is 5.32 Å². The summed E-state index contributed by atoms with van der Waals surface area (Å²) in [6, 6.07) is 4.04. The topological polar surface area (TPSA) is 29.1 Å². The van der Waals surface area contributed by atoms with Gasteiger partial charge in [-0.1, -0.05) is 0 Å². The molecule has 0 saturated heterocycles. The van der Waals surface area contributed by atoms with Gasteiger partial charge in [0.2, 0.25) is 0 Å². The summed E-state index contributed by atoms with van der Waals surface area (Å²) in [7, 11) is 1.42. The summed E-state index contributed by atoms with van der Waals surface area (Å²) in [6.07, 6.45) is -4.36. The van der Waals surface area contributed by atoms with Crippen LogP contribution in [0.15, 0.2) is 24.3 Å². The third-order valence-electron chi connectivity index (χ3n) is 1.70. The van der Waals surface area contributed by atoms with Crippen LogP contribution < -0.4 is 5.32 Å². The number of amides is 1. The molecular formula is C9H9BrF3NO. The fourth-order valence-corrected chi connectivity index (χ4v) is 0.955. The standard InChI is InChI=1S/C9H8F3NO.BrH/c1-13-8(14)6-2-4-7(5-3-6)9(10,11)12;/h2-5H,1H3,(H,13,14);1H. The number of nitrogens with one attached hydrogen (secondary N) is 1. The number of benzene rings is 1. The molecule has 1 rings (SSSR count). The maximum absolute atomic E-state index is 12.1. The molecule has 0 fully saturated rings. The predicted octanol–water partition coefficient (Wildman–Crippen LogP) is 2.64. The molecule has 1 N–H and O–H groups in total. The molecule has 0 radical (unpaired) electrons. The summed E-state index contributed by atoms with van der Waals surface area (Å²) in [5, 5.41) is 2.32. The van der Waals surface area contributed by atoms with Gasteiger partial charge in [-0.2, -0.15) is 13.2 Å². The SMILES string of the molecule is Br.CNC(=O)c1ccc(C(F)(F)F)cc1. The molecule has 0 atom stereocenters. The molecule has 84 valence electrons. The molecule has 0 heterocycles. The van der Waals surface area contributed by atoms with Crippen molar-refractivity contribution in [2.24, 2.45) is 0 Å². The van der Waals surface area contributed by atoms with Gasteiger partial charge in [-0.15, -0.1) is 17.0 Å². The average Bonchev–Trinajstić information content (AvgIpc) is 2.15. The first-order valence-corrected chi connectivity index (χ1v) is 3.84. The highest BCUT2D eigenvalue weighted by molar-refractivity contribution is 8.93. The second kappa shape index (κ2) is 5.16. The van der Waals surface area contributed by atoms with Crippen LogP contribution in [0.4, 0.5) is 13.2 Å². The van der Waals surface area contributed by atoms with Gasteiger partial charge in [0.1, 0.15) is 0 Å². The number of halogens is 4. The van der Waals surface area contributed by atoms with Crippen molar-refractivity contribution in [2.45, 2.75) is 6.18 Å². The minimum absolute atomic E-state index is 0. The van der Waals surface area contributed by atoms with Crippen molar-refractivity contribution >= 4 is 22.9 Å². The summed E-state index contributed by atoms with van der Waals surface area (Å²) in [5.74, 6) is -0.404. The first-order valence-electron chi connectivity index (χ1n) is 3.84. The minimum atomic E-state index is -4.36. The largest absolute Gasteiger partial charge is 0.416 e. The zero-order valence-corrected chi connectivity index (χ0v) is 9.47. The molecule has 2 nitrogen and oxygen atoms in total. The lowest BCUT2D eigenvalue weighted by Crippen LogP contribution is -2.17. The van der Waals surface area contributed by atoms with E-state index < -0.39 is 17.6 Å². The lowest BCUT2D eigenvalue weighted by atomic mass is 10.1. The van der Waals surface area contributed by atoms with Gasteiger partial charge in [-0.05, 0) is 24.3 Å². The molecule has 0 aromatic heterocycles. The Labute approximate surface area is 95.2 Å². The Kier molecular flexibility index (Phi) is 4.80. The van der Waals surface area contributed by atoms with Crippen LogP contribution in [0.1, 0.15) is 15.9 Å². The number of rotatable bonds is 1. The summed E-state index contributed by atoms with van der Waals surface area (Å²) < 4.78 is 36.3. The second-order valence-electron chi connectivity index (χ2n) is 2.65. The fourth-order valence-electron chi connectivity index (χ4n) is 0.955. The first kappa shape index (κ1) is 14.0. The van der Waals surface area contributed by atoms with Crippen LogP contribution in [0.2, 0.25) is 0 Å². The van der Waals surface area contributed by atoms with Crippen LogP contribution in [-0.4, -0.2) is 13.0 Å². The lowest BCUT2D eigenvalue weighted by molar-refractivity contribution is -0.137. The number of alkyl halides is 3. The predicted molar refractivity (Wildman–Crippen MR) is 55.2 cm³/mol. The molecule has 0 unspecified atom stereocenters. The van der Waals surface area contributed by atoms with Crippen molar-refractivity contribution in [2.75, 3.05) is 7.05 Å². The summed E-state index contributed by atoms with van der Waals surface area (Å²) in [4.78, 5) is 11.0. The highest BCUT2D eigenvalue weighted by Crippen LogP contribution is 2.28. The normalized spacial score (nSPS) is 10.4. The summed E-state index contributed by atoms with van der Waals surface area (Å²) in [6.45, 7) is 0. The van der Waals surface area contributed by atoms with E-state index in [1.54, 1.807) is 0 Å². The van der Waals surface area contributed by atoms with Gasteiger partial charge in [-0.25, -0.2) is 0 Å². The average molecular weight is 284 g/mol. The molecule has 1 amide bonds. The molecule has 6 heteroatoms. The number of carbonyl (C=O) groups is 1. The highest BCUT2D eigenvalue weighted by atomic mass is 79.9. The van der Waals surface area contributed by atoms with Crippen LogP contribution in [0, 0.1) is 0 Å². The van der Waals surface area contributed by atoms with Crippen molar-refractivity contribution in [3.63, 3.8) is 0 Å². The molecule has 0 spiro atoms. The van der Waals surface area contributed by atoms with Gasteiger partial charge < -0.3 is 5.32 Å². The highest BCUT2D eigenvalue weighted by Gasteiger charge is 2.30. The second-order valence-corrected chi connectivity index (χ2v) is 2.65. The molecule has 0 aliphatic heterocycles. The Balaban J connectivity index is 0.00000196. The molecule has 15 heavy (non-hydrogen) atoms. The van der Waals surface area contributed by atoms with Crippen LogP contribution in [-0.2, 0) is 6.18 Å². The van der Waals surface area contributed by atoms with E-state index in [9.17, 15) is 18.0 Å².